The molecule has 1 aromatic carbocycles. The highest BCUT2D eigenvalue weighted by molar-refractivity contribution is 5.97. The van der Waals surface area contributed by atoms with Crippen molar-refractivity contribution in [3.63, 3.8) is 0 Å². The standard InChI is InChI=1S/C20H26O4/c1-12(17(21)22)15-14(7-6-13-10-24-18(23)16(13)15)20(4)9-5-8-19(2,3)11-20/h6-7,12H,5,8-11H2,1-4H3,(H,21,22). The molecule has 0 saturated heterocycles. The first-order valence-corrected chi connectivity index (χ1v) is 8.71. The summed E-state index contributed by atoms with van der Waals surface area (Å²) in [5.74, 6) is -2.00. The van der Waals surface area contributed by atoms with Crippen LogP contribution in [0.15, 0.2) is 12.1 Å². The van der Waals surface area contributed by atoms with Gasteiger partial charge >= 0.3 is 11.9 Å². The van der Waals surface area contributed by atoms with Crippen molar-refractivity contribution < 1.29 is 19.4 Å². The Balaban J connectivity index is 2.20. The van der Waals surface area contributed by atoms with Crippen LogP contribution in [0.2, 0.25) is 0 Å². The van der Waals surface area contributed by atoms with Gasteiger partial charge in [0.25, 0.3) is 0 Å². The number of carbonyl (C=O) groups excluding carboxylic acids is 1. The maximum absolute atomic E-state index is 12.3. The van der Waals surface area contributed by atoms with Gasteiger partial charge in [-0.2, -0.15) is 0 Å². The Kier molecular flexibility index (Phi) is 3.97. The fraction of sp³-hybridized carbons (Fsp3) is 0.600. The maximum atomic E-state index is 12.3. The lowest BCUT2D eigenvalue weighted by Gasteiger charge is -2.44. The van der Waals surface area contributed by atoms with Gasteiger partial charge in [0.05, 0.1) is 11.5 Å². The zero-order valence-corrected chi connectivity index (χ0v) is 14.9. The van der Waals surface area contributed by atoms with Gasteiger partial charge in [-0.15, -0.1) is 0 Å². The van der Waals surface area contributed by atoms with Crippen molar-refractivity contribution in [1.29, 1.82) is 0 Å². The minimum Gasteiger partial charge on any atom is -0.481 e. The van der Waals surface area contributed by atoms with E-state index in [0.717, 1.165) is 30.4 Å². The fourth-order valence-corrected chi connectivity index (χ4v) is 4.76. The second-order valence-corrected chi connectivity index (χ2v) is 8.45. The number of carboxylic acids is 1. The number of benzene rings is 1. The number of fused-ring (bicyclic) bond motifs is 1. The van der Waals surface area contributed by atoms with Crippen LogP contribution in [0.25, 0.3) is 0 Å². The van der Waals surface area contributed by atoms with E-state index in [1.807, 2.05) is 12.1 Å². The SMILES string of the molecule is CC(C(=O)O)c1c(C2(C)CCCC(C)(C)C2)ccc2c1C(=O)OC2. The van der Waals surface area contributed by atoms with Crippen molar-refractivity contribution in [3.05, 3.63) is 34.4 Å². The molecule has 1 saturated carbocycles. The number of cyclic esters (lactones) is 1. The molecule has 24 heavy (non-hydrogen) atoms. The number of hydrogen-bond donors (Lipinski definition) is 1. The largest absolute Gasteiger partial charge is 0.481 e. The molecule has 2 atom stereocenters. The van der Waals surface area contributed by atoms with Gasteiger partial charge in [0.1, 0.15) is 6.61 Å². The van der Waals surface area contributed by atoms with Crippen LogP contribution in [0.5, 0.6) is 0 Å². The zero-order chi connectivity index (χ0) is 17.7. The van der Waals surface area contributed by atoms with Crippen molar-refractivity contribution in [1.82, 2.24) is 0 Å². The molecule has 1 N–H and O–H groups in total. The lowest BCUT2D eigenvalue weighted by Crippen LogP contribution is -2.36. The summed E-state index contributed by atoms with van der Waals surface area (Å²) < 4.78 is 5.18. The van der Waals surface area contributed by atoms with Crippen LogP contribution in [0.1, 0.15) is 86.3 Å². The van der Waals surface area contributed by atoms with E-state index in [1.54, 1.807) is 6.92 Å². The van der Waals surface area contributed by atoms with Crippen LogP contribution in [0, 0.1) is 5.41 Å². The van der Waals surface area contributed by atoms with E-state index in [4.69, 9.17) is 4.74 Å². The predicted molar refractivity (Wildman–Crippen MR) is 91.2 cm³/mol. The summed E-state index contributed by atoms with van der Waals surface area (Å²) >= 11 is 0. The Bertz CT molecular complexity index is 704. The first-order chi connectivity index (χ1) is 11.1. The van der Waals surface area contributed by atoms with E-state index in [1.165, 1.54) is 6.42 Å². The highest BCUT2D eigenvalue weighted by atomic mass is 16.5. The van der Waals surface area contributed by atoms with Crippen LogP contribution in [0.4, 0.5) is 0 Å². The third kappa shape index (κ3) is 2.72. The van der Waals surface area contributed by atoms with Crippen LogP contribution >= 0.6 is 0 Å². The minimum atomic E-state index is -0.900. The summed E-state index contributed by atoms with van der Waals surface area (Å²) in [6.45, 7) is 8.67. The lowest BCUT2D eigenvalue weighted by molar-refractivity contribution is -0.138. The number of carboxylic acid groups (broad SMARTS) is 1. The van der Waals surface area contributed by atoms with Crippen molar-refractivity contribution in [3.8, 4) is 0 Å². The molecule has 1 aromatic rings. The van der Waals surface area contributed by atoms with E-state index in [2.05, 4.69) is 20.8 Å². The summed E-state index contributed by atoms with van der Waals surface area (Å²) in [6, 6.07) is 3.98. The fourth-order valence-electron chi connectivity index (χ4n) is 4.76. The molecular formula is C20H26O4. The summed E-state index contributed by atoms with van der Waals surface area (Å²) in [5, 5.41) is 9.61. The number of rotatable bonds is 3. The third-order valence-corrected chi connectivity index (χ3v) is 5.80. The van der Waals surface area contributed by atoms with Gasteiger partial charge in [0.15, 0.2) is 0 Å². The molecule has 0 radical (unpaired) electrons. The van der Waals surface area contributed by atoms with Crippen LogP contribution in [-0.4, -0.2) is 17.0 Å². The van der Waals surface area contributed by atoms with Gasteiger partial charge in [-0.05, 0) is 48.1 Å². The van der Waals surface area contributed by atoms with E-state index in [0.29, 0.717) is 11.1 Å². The number of carbonyl (C=O) groups is 2. The quantitative estimate of drug-likeness (QED) is 0.834. The van der Waals surface area contributed by atoms with Crippen molar-refractivity contribution in [2.45, 2.75) is 71.3 Å². The van der Waals surface area contributed by atoms with E-state index in [-0.39, 0.29) is 23.4 Å². The average molecular weight is 330 g/mol. The van der Waals surface area contributed by atoms with Gasteiger partial charge in [0.2, 0.25) is 0 Å². The summed E-state index contributed by atoms with van der Waals surface area (Å²) in [4.78, 5) is 24.0. The Morgan fingerprint density at radius 3 is 2.58 bits per heavy atom. The number of ether oxygens (including phenoxy) is 1. The van der Waals surface area contributed by atoms with Crippen molar-refractivity contribution in [2.75, 3.05) is 0 Å². The van der Waals surface area contributed by atoms with Crippen LogP contribution in [0.3, 0.4) is 0 Å². The van der Waals surface area contributed by atoms with E-state index >= 15 is 0 Å². The van der Waals surface area contributed by atoms with Crippen LogP contribution in [-0.2, 0) is 21.6 Å². The lowest BCUT2D eigenvalue weighted by atomic mass is 9.60. The monoisotopic (exact) mass is 330 g/mol. The summed E-state index contributed by atoms with van der Waals surface area (Å²) in [6.07, 6.45) is 4.31. The molecule has 4 nitrogen and oxygen atoms in total. The molecule has 4 heteroatoms. The Hall–Kier alpha value is -1.84. The Morgan fingerprint density at radius 2 is 1.96 bits per heavy atom. The second-order valence-electron chi connectivity index (χ2n) is 8.45. The number of hydrogen-bond acceptors (Lipinski definition) is 3. The van der Waals surface area contributed by atoms with Gasteiger partial charge in [-0.1, -0.05) is 39.3 Å². The van der Waals surface area contributed by atoms with E-state index < -0.39 is 11.9 Å². The molecule has 0 amide bonds. The first kappa shape index (κ1) is 17.0. The van der Waals surface area contributed by atoms with Crippen molar-refractivity contribution in [2.24, 2.45) is 5.41 Å². The Morgan fingerprint density at radius 1 is 1.25 bits per heavy atom. The number of aliphatic carboxylic acids is 1. The maximum Gasteiger partial charge on any atom is 0.339 e. The molecule has 1 fully saturated rings. The zero-order valence-electron chi connectivity index (χ0n) is 14.9. The molecule has 2 aliphatic rings. The molecule has 0 aromatic heterocycles. The van der Waals surface area contributed by atoms with Gasteiger partial charge < -0.3 is 9.84 Å². The Labute approximate surface area is 143 Å². The summed E-state index contributed by atoms with van der Waals surface area (Å²) in [5.41, 5.74) is 3.09. The molecule has 2 unspecified atom stereocenters. The highest BCUT2D eigenvalue weighted by Gasteiger charge is 2.42. The molecule has 1 aliphatic heterocycles. The third-order valence-electron chi connectivity index (χ3n) is 5.80. The molecule has 130 valence electrons. The molecule has 3 rings (SSSR count). The topological polar surface area (TPSA) is 63.6 Å². The van der Waals surface area contributed by atoms with Gasteiger partial charge in [-0.25, -0.2) is 4.79 Å². The van der Waals surface area contributed by atoms with Crippen LogP contribution < -0.4 is 0 Å². The highest BCUT2D eigenvalue weighted by Crippen LogP contribution is 2.50. The number of esters is 1. The average Bonchev–Trinajstić information content (AvgIpc) is 2.86. The molecule has 0 spiro atoms. The summed E-state index contributed by atoms with van der Waals surface area (Å²) in [7, 11) is 0. The molecule has 1 aliphatic carbocycles. The molecule has 1 heterocycles. The molecule has 0 bridgehead atoms. The minimum absolute atomic E-state index is 0.112. The normalized spacial score (nSPS) is 26.6. The van der Waals surface area contributed by atoms with Gasteiger partial charge in [0, 0.05) is 5.56 Å². The van der Waals surface area contributed by atoms with E-state index in [9.17, 15) is 14.7 Å². The molecular weight excluding hydrogens is 304 g/mol. The predicted octanol–water partition coefficient (Wildman–Crippen LogP) is 4.40. The second kappa shape index (κ2) is 5.61. The smallest absolute Gasteiger partial charge is 0.339 e. The first-order valence-electron chi connectivity index (χ1n) is 8.71. The van der Waals surface area contributed by atoms with Gasteiger partial charge in [-0.3, -0.25) is 4.79 Å². The van der Waals surface area contributed by atoms with Crippen molar-refractivity contribution >= 4 is 11.9 Å².